The fourth-order valence-electron chi connectivity index (χ4n) is 4.55. The molecule has 3 rings (SSSR count). The molecule has 35 heavy (non-hydrogen) atoms. The Morgan fingerprint density at radius 2 is 1.77 bits per heavy atom. The number of carbonyl (C=O) groups excluding carboxylic acids is 1. The maximum Gasteiger partial charge on any atom is 0.290 e. The van der Waals surface area contributed by atoms with Gasteiger partial charge in [0.05, 0.1) is 18.6 Å². The molecule has 1 aromatic rings. The number of piperidine rings is 2. The molecule has 2 fully saturated rings. The Kier molecular flexibility index (Phi) is 13.1. The van der Waals surface area contributed by atoms with Crippen molar-refractivity contribution >= 4 is 18.9 Å². The molecule has 1 unspecified atom stereocenters. The van der Waals surface area contributed by atoms with Crippen LogP contribution in [0.4, 0.5) is 0 Å². The largest absolute Gasteiger partial charge is 0.493 e. The molecule has 3 N–H and O–H groups in total. The lowest BCUT2D eigenvalue weighted by Crippen LogP contribution is -2.56. The molecule has 0 aromatic heterocycles. The number of likely N-dealkylation sites (tertiary alicyclic amines) is 2. The molecule has 1 atom stereocenters. The molecular formula is C24H39N3O8. The number of carbonyl (C=O) groups is 3. The second-order valence-corrected chi connectivity index (χ2v) is 8.91. The van der Waals surface area contributed by atoms with Crippen LogP contribution in [0, 0.1) is 5.41 Å². The Morgan fingerprint density at radius 1 is 1.17 bits per heavy atom. The van der Waals surface area contributed by atoms with E-state index in [4.69, 9.17) is 29.3 Å². The zero-order chi connectivity index (χ0) is 26.4. The summed E-state index contributed by atoms with van der Waals surface area (Å²) in [6.07, 6.45) is 1.74. The minimum atomic E-state index is -0.417. The number of benzene rings is 1. The summed E-state index contributed by atoms with van der Waals surface area (Å²) in [4.78, 5) is 35.7. The lowest BCUT2D eigenvalue weighted by molar-refractivity contribution is -0.154. The van der Waals surface area contributed by atoms with E-state index >= 15 is 0 Å². The molecule has 2 saturated heterocycles. The number of nitrogens with zero attached hydrogens (tertiary/aromatic N) is 3. The number of para-hydroxylation sites is 1. The number of aliphatic hydroxyl groups is 1. The van der Waals surface area contributed by atoms with E-state index < -0.39 is 11.5 Å². The van der Waals surface area contributed by atoms with Crippen LogP contribution in [0.1, 0.15) is 24.8 Å². The Morgan fingerprint density at radius 3 is 2.31 bits per heavy atom. The molecule has 0 radical (unpaired) electrons. The smallest absolute Gasteiger partial charge is 0.290 e. The van der Waals surface area contributed by atoms with Gasteiger partial charge in [0.2, 0.25) is 5.91 Å². The summed E-state index contributed by atoms with van der Waals surface area (Å²) in [6, 6.07) is 6.01. The molecule has 1 spiro atoms. The van der Waals surface area contributed by atoms with Crippen LogP contribution in [-0.2, 0) is 20.9 Å². The van der Waals surface area contributed by atoms with Crippen molar-refractivity contribution in [2.24, 2.45) is 5.41 Å². The zero-order valence-corrected chi connectivity index (χ0v) is 21.1. The summed E-state index contributed by atoms with van der Waals surface area (Å²) in [5.41, 5.74) is 0.702. The topological polar surface area (TPSA) is 140 Å². The number of methoxy groups -OCH3 is 1. The van der Waals surface area contributed by atoms with Gasteiger partial charge in [0.25, 0.3) is 12.9 Å². The van der Waals surface area contributed by atoms with Gasteiger partial charge in [-0.1, -0.05) is 12.1 Å². The number of hydrogen-bond donors (Lipinski definition) is 3. The quantitative estimate of drug-likeness (QED) is 0.464. The van der Waals surface area contributed by atoms with Crippen molar-refractivity contribution in [2.45, 2.75) is 31.9 Å². The van der Waals surface area contributed by atoms with Gasteiger partial charge in [-0.2, -0.15) is 0 Å². The highest BCUT2D eigenvalue weighted by Crippen LogP contribution is 2.41. The van der Waals surface area contributed by atoms with E-state index in [2.05, 4.69) is 15.9 Å². The molecular weight excluding hydrogens is 458 g/mol. The summed E-state index contributed by atoms with van der Waals surface area (Å²) < 4.78 is 11.6. The normalized spacial score (nSPS) is 19.2. The molecule has 1 amide bonds. The molecule has 198 valence electrons. The van der Waals surface area contributed by atoms with E-state index in [0.29, 0.717) is 19.6 Å². The van der Waals surface area contributed by atoms with Crippen molar-refractivity contribution in [3.05, 3.63) is 23.8 Å². The van der Waals surface area contributed by atoms with Gasteiger partial charge in [-0.05, 0) is 52.5 Å². The third kappa shape index (κ3) is 9.00. The van der Waals surface area contributed by atoms with Crippen LogP contribution in [0.25, 0.3) is 0 Å². The van der Waals surface area contributed by atoms with Crippen LogP contribution in [0.2, 0.25) is 0 Å². The first kappa shape index (κ1) is 30.1. The number of aliphatic hydroxyl groups excluding tert-OH is 1. The number of carboxylic acid groups (broad SMARTS) is 2. The van der Waals surface area contributed by atoms with Crippen molar-refractivity contribution in [2.75, 3.05) is 61.0 Å². The zero-order valence-electron chi connectivity index (χ0n) is 21.1. The van der Waals surface area contributed by atoms with Gasteiger partial charge in [0.1, 0.15) is 6.61 Å². The van der Waals surface area contributed by atoms with Crippen LogP contribution < -0.4 is 9.47 Å². The minimum absolute atomic E-state index is 0.191. The number of ether oxygens (including phenoxy) is 2. The molecule has 0 bridgehead atoms. The van der Waals surface area contributed by atoms with Crippen LogP contribution in [0.3, 0.4) is 0 Å². The van der Waals surface area contributed by atoms with Gasteiger partial charge < -0.3 is 34.6 Å². The maximum atomic E-state index is 12.8. The summed E-state index contributed by atoms with van der Waals surface area (Å²) in [7, 11) is 7.51. The molecule has 0 aliphatic carbocycles. The second kappa shape index (κ2) is 15.2. The maximum absolute atomic E-state index is 12.8. The molecule has 11 heteroatoms. The van der Waals surface area contributed by atoms with Crippen molar-refractivity contribution in [3.8, 4) is 11.5 Å². The van der Waals surface area contributed by atoms with Gasteiger partial charge in [0.15, 0.2) is 11.5 Å². The first-order chi connectivity index (χ1) is 16.7. The third-order valence-electron chi connectivity index (χ3n) is 6.18. The van der Waals surface area contributed by atoms with Crippen LogP contribution in [-0.4, -0.2) is 116 Å². The molecule has 11 nitrogen and oxygen atoms in total. The predicted octanol–water partition coefficient (Wildman–Crippen LogP) is 0.842. The summed E-state index contributed by atoms with van der Waals surface area (Å²) >= 11 is 0. The van der Waals surface area contributed by atoms with Gasteiger partial charge in [-0.15, -0.1) is 0 Å². The highest BCUT2D eigenvalue weighted by Gasteiger charge is 2.47. The average molecular weight is 498 g/mol. The third-order valence-corrected chi connectivity index (χ3v) is 6.18. The van der Waals surface area contributed by atoms with Crippen molar-refractivity contribution < 1.29 is 39.2 Å². The number of likely N-dealkylation sites (N-methyl/N-ethyl adjacent to an activating group) is 2. The van der Waals surface area contributed by atoms with Gasteiger partial charge in [-0.3, -0.25) is 19.3 Å². The number of amides is 1. The summed E-state index contributed by atoms with van der Waals surface area (Å²) in [6.45, 7) is 3.81. The number of β-amino-alcohol motifs (C(OH)–C–C–N with tert-alkyl or cyclic N) is 1. The van der Waals surface area contributed by atoms with Gasteiger partial charge in [0, 0.05) is 32.2 Å². The van der Waals surface area contributed by atoms with Crippen LogP contribution in [0.5, 0.6) is 11.5 Å². The Labute approximate surface area is 206 Å². The Balaban J connectivity index is 0.000000926. The van der Waals surface area contributed by atoms with E-state index in [1.807, 2.05) is 26.2 Å². The van der Waals surface area contributed by atoms with Crippen LogP contribution in [0.15, 0.2) is 18.2 Å². The SMILES string of the molecule is COc1cccc(CN2CCC3(CC2)CC(O)CN(C)C3=O)c1OCCN(C)C.O=CO.O=CO. The standard InChI is InChI=1S/C22H35N3O4.2CH2O2/c1-23(2)12-13-29-20-17(6-5-7-19(20)28-4)15-25-10-8-22(9-11-25)14-18(26)16-24(3)21(22)27;2*2-1-3/h5-7,18,26H,8-16H2,1-4H3;2*1H,(H,2,3). The lowest BCUT2D eigenvalue weighted by Gasteiger charge is -2.47. The first-order valence-corrected chi connectivity index (χ1v) is 11.4. The minimum Gasteiger partial charge on any atom is -0.493 e. The number of rotatable bonds is 7. The summed E-state index contributed by atoms with van der Waals surface area (Å²) in [5.74, 6) is 1.75. The van der Waals surface area contributed by atoms with Crippen LogP contribution >= 0.6 is 0 Å². The van der Waals surface area contributed by atoms with Gasteiger partial charge in [-0.25, -0.2) is 0 Å². The van der Waals surface area contributed by atoms with E-state index in [-0.39, 0.29) is 18.9 Å². The highest BCUT2D eigenvalue weighted by molar-refractivity contribution is 5.83. The van der Waals surface area contributed by atoms with E-state index in [1.165, 1.54) is 0 Å². The van der Waals surface area contributed by atoms with Crippen molar-refractivity contribution in [3.63, 3.8) is 0 Å². The Hall–Kier alpha value is -2.89. The fraction of sp³-hybridized carbons (Fsp3) is 0.625. The number of hydrogen-bond acceptors (Lipinski definition) is 8. The van der Waals surface area contributed by atoms with Crippen molar-refractivity contribution in [1.29, 1.82) is 0 Å². The Bertz CT molecular complexity index is 791. The van der Waals surface area contributed by atoms with Crippen molar-refractivity contribution in [1.82, 2.24) is 14.7 Å². The predicted molar refractivity (Wildman–Crippen MR) is 130 cm³/mol. The molecule has 2 heterocycles. The van der Waals surface area contributed by atoms with Gasteiger partial charge >= 0.3 is 0 Å². The molecule has 0 saturated carbocycles. The first-order valence-electron chi connectivity index (χ1n) is 11.4. The molecule has 1 aromatic carbocycles. The van der Waals surface area contributed by atoms with E-state index in [9.17, 15) is 9.90 Å². The monoisotopic (exact) mass is 497 g/mol. The fourth-order valence-corrected chi connectivity index (χ4v) is 4.55. The molecule has 2 aliphatic heterocycles. The van der Waals surface area contributed by atoms with E-state index in [0.717, 1.165) is 56.1 Å². The summed E-state index contributed by atoms with van der Waals surface area (Å²) in [5, 5.41) is 24.0. The second-order valence-electron chi connectivity index (χ2n) is 8.91. The average Bonchev–Trinajstić information content (AvgIpc) is 2.80. The lowest BCUT2D eigenvalue weighted by atomic mass is 9.71. The molecule has 2 aliphatic rings. The highest BCUT2D eigenvalue weighted by atomic mass is 16.5. The van der Waals surface area contributed by atoms with E-state index in [1.54, 1.807) is 19.1 Å².